The normalized spacial score (nSPS) is 23.3. The van der Waals surface area contributed by atoms with E-state index in [2.05, 4.69) is 38.6 Å². The Morgan fingerprint density at radius 1 is 0.973 bits per heavy atom. The number of hydrogen-bond donors (Lipinski definition) is 2. The molecule has 2 heterocycles. The number of carbonyl (C=O) groups is 1. The molecule has 0 unspecified atom stereocenters. The predicted octanol–water partition coefficient (Wildman–Crippen LogP) is 4.21. The van der Waals surface area contributed by atoms with Gasteiger partial charge >= 0.3 is 0 Å². The number of carbonyl (C=O) groups excluding carboxylic acids is 1. The first-order chi connectivity index (χ1) is 18.1. The lowest BCUT2D eigenvalue weighted by Gasteiger charge is -2.41. The van der Waals surface area contributed by atoms with Crippen LogP contribution < -0.4 is 20.3 Å². The van der Waals surface area contributed by atoms with E-state index in [0.717, 1.165) is 71.0 Å². The van der Waals surface area contributed by atoms with Gasteiger partial charge in [0.15, 0.2) is 0 Å². The minimum absolute atomic E-state index is 0.00878. The van der Waals surface area contributed by atoms with Crippen molar-refractivity contribution in [2.45, 2.75) is 56.7 Å². The van der Waals surface area contributed by atoms with Gasteiger partial charge in [0.05, 0.1) is 16.7 Å². The maximum absolute atomic E-state index is 12.9. The minimum atomic E-state index is -0.00878. The summed E-state index contributed by atoms with van der Waals surface area (Å²) < 4.78 is 6.07. The van der Waals surface area contributed by atoms with Gasteiger partial charge in [-0.05, 0) is 88.0 Å². The predicted molar refractivity (Wildman–Crippen MR) is 146 cm³/mol. The van der Waals surface area contributed by atoms with E-state index in [1.165, 1.54) is 18.5 Å². The first-order valence-electron chi connectivity index (χ1n) is 13.6. The van der Waals surface area contributed by atoms with Crippen molar-refractivity contribution in [3.63, 3.8) is 0 Å². The summed E-state index contributed by atoms with van der Waals surface area (Å²) >= 11 is 6.12. The Hall–Kier alpha value is -2.79. The van der Waals surface area contributed by atoms with E-state index >= 15 is 0 Å². The fourth-order valence-electron chi connectivity index (χ4n) is 5.79. The second kappa shape index (κ2) is 12.2. The maximum Gasteiger partial charge on any atom is 0.251 e. The van der Waals surface area contributed by atoms with Crippen LogP contribution in [0, 0.1) is 11.3 Å². The second-order valence-corrected chi connectivity index (χ2v) is 10.8. The summed E-state index contributed by atoms with van der Waals surface area (Å²) in [5, 5.41) is 16.1. The van der Waals surface area contributed by atoms with Gasteiger partial charge in [0, 0.05) is 55.6 Å². The fraction of sp³-hybridized carbons (Fsp3) is 0.517. The number of nitrogens with one attached hydrogen (secondary N) is 2. The largest absolute Gasteiger partial charge is 0.490 e. The van der Waals surface area contributed by atoms with Crippen LogP contribution in [-0.2, 0) is 0 Å². The molecule has 3 aliphatic rings. The highest BCUT2D eigenvalue weighted by molar-refractivity contribution is 6.31. The molecule has 196 valence electrons. The number of amides is 1. The summed E-state index contributed by atoms with van der Waals surface area (Å²) in [6.07, 6.45) is 6.08. The highest BCUT2D eigenvalue weighted by atomic mass is 35.5. The van der Waals surface area contributed by atoms with E-state index in [4.69, 9.17) is 21.6 Å². The third kappa shape index (κ3) is 6.56. The number of halogens is 1. The highest BCUT2D eigenvalue weighted by Crippen LogP contribution is 2.27. The zero-order chi connectivity index (χ0) is 25.6. The van der Waals surface area contributed by atoms with Crippen molar-refractivity contribution in [1.29, 1.82) is 5.26 Å². The average molecular weight is 522 g/mol. The lowest BCUT2D eigenvalue weighted by Crippen LogP contribution is -2.52. The number of anilines is 1. The Labute approximate surface area is 224 Å². The number of nitriles is 1. The molecule has 2 N–H and O–H groups in total. The van der Waals surface area contributed by atoms with Gasteiger partial charge < -0.3 is 20.3 Å². The summed E-state index contributed by atoms with van der Waals surface area (Å²) in [4.78, 5) is 18.0. The van der Waals surface area contributed by atoms with Crippen molar-refractivity contribution in [2.75, 3.05) is 44.2 Å². The van der Waals surface area contributed by atoms with Gasteiger partial charge in [0.2, 0.25) is 0 Å². The Bertz CT molecular complexity index is 1100. The second-order valence-electron chi connectivity index (χ2n) is 10.4. The molecule has 7 nitrogen and oxygen atoms in total. The van der Waals surface area contributed by atoms with E-state index in [1.54, 1.807) is 18.2 Å². The standard InChI is InChI=1S/C29H36ClN5O2/c30-28-19-27(8-3-22(28)20-31)37-26-9-4-23(5-10-26)33-29(36)21-1-6-24(7-2-21)34-15-17-35(18-16-34)25-11-13-32-14-12-25/h1-3,6-8,19,23,25-26,32H,4-5,9-18H2,(H,33,36)/t23-,26-. The Kier molecular flexibility index (Phi) is 8.50. The van der Waals surface area contributed by atoms with Gasteiger partial charge in [-0.1, -0.05) is 11.6 Å². The van der Waals surface area contributed by atoms with Crippen LogP contribution in [0.15, 0.2) is 42.5 Å². The Morgan fingerprint density at radius 3 is 2.32 bits per heavy atom. The van der Waals surface area contributed by atoms with E-state index in [0.29, 0.717) is 21.9 Å². The molecule has 0 radical (unpaired) electrons. The van der Waals surface area contributed by atoms with Gasteiger partial charge in [-0.25, -0.2) is 0 Å². The van der Waals surface area contributed by atoms with E-state index in [9.17, 15) is 4.79 Å². The van der Waals surface area contributed by atoms with Crippen LogP contribution in [0.1, 0.15) is 54.4 Å². The quantitative estimate of drug-likeness (QED) is 0.593. The third-order valence-corrected chi connectivity index (χ3v) is 8.32. The van der Waals surface area contributed by atoms with Crippen molar-refractivity contribution < 1.29 is 9.53 Å². The summed E-state index contributed by atoms with van der Waals surface area (Å²) in [5.41, 5.74) is 2.36. The monoisotopic (exact) mass is 521 g/mol. The molecular formula is C29H36ClN5O2. The third-order valence-electron chi connectivity index (χ3n) is 8.01. The number of benzene rings is 2. The molecule has 2 aromatic rings. The van der Waals surface area contributed by atoms with Crippen molar-refractivity contribution in [3.05, 3.63) is 58.6 Å². The van der Waals surface area contributed by atoms with E-state index < -0.39 is 0 Å². The van der Waals surface area contributed by atoms with Gasteiger partial charge in [-0.15, -0.1) is 0 Å². The zero-order valence-electron chi connectivity index (χ0n) is 21.3. The first-order valence-corrected chi connectivity index (χ1v) is 13.9. The fourth-order valence-corrected chi connectivity index (χ4v) is 6.00. The minimum Gasteiger partial charge on any atom is -0.490 e. The van der Waals surface area contributed by atoms with E-state index in [-0.39, 0.29) is 18.1 Å². The molecule has 1 saturated carbocycles. The van der Waals surface area contributed by atoms with Crippen LogP contribution in [0.4, 0.5) is 5.69 Å². The molecule has 1 amide bonds. The summed E-state index contributed by atoms with van der Waals surface area (Å²) in [5.74, 6) is 0.676. The number of hydrogen-bond acceptors (Lipinski definition) is 6. The van der Waals surface area contributed by atoms with Crippen molar-refractivity contribution >= 4 is 23.2 Å². The summed E-state index contributed by atoms with van der Waals surface area (Å²) in [7, 11) is 0. The summed E-state index contributed by atoms with van der Waals surface area (Å²) in [6.45, 7) is 6.56. The molecule has 37 heavy (non-hydrogen) atoms. The molecule has 2 aromatic carbocycles. The summed E-state index contributed by atoms with van der Waals surface area (Å²) in [6, 6.07) is 16.2. The van der Waals surface area contributed by atoms with Crippen molar-refractivity contribution in [3.8, 4) is 11.8 Å². The molecule has 2 saturated heterocycles. The van der Waals surface area contributed by atoms with Crippen LogP contribution in [0.3, 0.4) is 0 Å². The van der Waals surface area contributed by atoms with Crippen LogP contribution in [0.25, 0.3) is 0 Å². The van der Waals surface area contributed by atoms with Gasteiger partial charge in [0.25, 0.3) is 5.91 Å². The lowest BCUT2D eigenvalue weighted by atomic mass is 9.92. The SMILES string of the molecule is N#Cc1ccc(O[C@H]2CC[C@H](NC(=O)c3ccc(N4CCN(C5CCNCC5)CC4)cc3)CC2)cc1Cl. The molecule has 5 rings (SSSR count). The number of ether oxygens (including phenoxy) is 1. The highest BCUT2D eigenvalue weighted by Gasteiger charge is 2.26. The number of piperidine rings is 1. The average Bonchev–Trinajstić information content (AvgIpc) is 2.95. The maximum atomic E-state index is 12.9. The topological polar surface area (TPSA) is 80.6 Å². The number of rotatable bonds is 6. The molecule has 0 bridgehead atoms. The smallest absolute Gasteiger partial charge is 0.251 e. The van der Waals surface area contributed by atoms with E-state index in [1.807, 2.05) is 12.1 Å². The first kappa shape index (κ1) is 25.8. The van der Waals surface area contributed by atoms with Crippen molar-refractivity contribution in [2.24, 2.45) is 0 Å². The van der Waals surface area contributed by atoms with Crippen LogP contribution in [-0.4, -0.2) is 68.3 Å². The Balaban J connectivity index is 1.06. The molecule has 2 aliphatic heterocycles. The molecule has 0 spiro atoms. The van der Waals surface area contributed by atoms with Gasteiger partial charge in [-0.2, -0.15) is 5.26 Å². The van der Waals surface area contributed by atoms with Gasteiger partial charge in [0.1, 0.15) is 11.8 Å². The molecule has 0 atom stereocenters. The molecule has 8 heteroatoms. The van der Waals surface area contributed by atoms with Gasteiger partial charge in [-0.3, -0.25) is 9.69 Å². The zero-order valence-corrected chi connectivity index (χ0v) is 22.1. The molecule has 0 aromatic heterocycles. The van der Waals surface area contributed by atoms with Crippen molar-refractivity contribution in [1.82, 2.24) is 15.5 Å². The van der Waals surface area contributed by atoms with Crippen LogP contribution in [0.5, 0.6) is 5.75 Å². The number of piperazine rings is 1. The Morgan fingerprint density at radius 2 is 1.68 bits per heavy atom. The lowest BCUT2D eigenvalue weighted by molar-refractivity contribution is 0.0894. The molecular weight excluding hydrogens is 486 g/mol. The molecule has 3 fully saturated rings. The molecule has 1 aliphatic carbocycles. The number of nitrogens with zero attached hydrogens (tertiary/aromatic N) is 3. The van der Waals surface area contributed by atoms with Crippen LogP contribution >= 0.6 is 11.6 Å². The van der Waals surface area contributed by atoms with Crippen LogP contribution in [0.2, 0.25) is 5.02 Å².